The molecule has 1 fully saturated rings. The van der Waals surface area contributed by atoms with Crippen LogP contribution in [0.25, 0.3) is 0 Å². The molecule has 1 aromatic carbocycles. The van der Waals surface area contributed by atoms with E-state index in [2.05, 4.69) is 5.32 Å². The summed E-state index contributed by atoms with van der Waals surface area (Å²) in [5, 5.41) is 13.6. The molecular formula is C15H18NO4-. The van der Waals surface area contributed by atoms with Crippen molar-refractivity contribution in [2.24, 2.45) is 5.92 Å². The Morgan fingerprint density at radius 1 is 1.35 bits per heavy atom. The lowest BCUT2D eigenvalue weighted by Gasteiger charge is -2.22. The maximum absolute atomic E-state index is 12.2. The van der Waals surface area contributed by atoms with Crippen LogP contribution in [0.5, 0.6) is 0 Å². The van der Waals surface area contributed by atoms with Gasteiger partial charge in [0.05, 0.1) is 12.0 Å². The quantitative estimate of drug-likeness (QED) is 0.807. The topological polar surface area (TPSA) is 78.5 Å². The number of hydrogen-bond donors (Lipinski definition) is 1. The Morgan fingerprint density at radius 2 is 2.10 bits per heavy atom. The Kier molecular flexibility index (Phi) is 5.12. The molecule has 0 spiro atoms. The second kappa shape index (κ2) is 7.05. The number of carbonyl (C=O) groups excluding carboxylic acids is 2. The zero-order valence-electron chi connectivity index (χ0n) is 11.2. The molecule has 1 N–H and O–H groups in total. The first-order valence-electron chi connectivity index (χ1n) is 6.80. The van der Waals surface area contributed by atoms with Crippen LogP contribution in [0.2, 0.25) is 0 Å². The molecule has 0 bridgehead atoms. The molecule has 5 heteroatoms. The van der Waals surface area contributed by atoms with Gasteiger partial charge in [0.15, 0.2) is 0 Å². The standard InChI is InChI=1S/C15H19NO4/c17-14(18)9-12(13-7-4-8-20-13)15(19)16-10-11-5-2-1-3-6-11/h1-3,5-6,12-13H,4,7-10H2,(H,16,19)(H,17,18)/p-1/t12-,13+/m1/s1. The molecule has 1 heterocycles. The van der Waals surface area contributed by atoms with E-state index in [0.29, 0.717) is 13.2 Å². The van der Waals surface area contributed by atoms with Gasteiger partial charge in [-0.1, -0.05) is 30.3 Å². The van der Waals surface area contributed by atoms with E-state index in [1.807, 2.05) is 30.3 Å². The largest absolute Gasteiger partial charge is 0.550 e. The summed E-state index contributed by atoms with van der Waals surface area (Å²) in [5.41, 5.74) is 0.973. The molecule has 2 rings (SSSR count). The van der Waals surface area contributed by atoms with Gasteiger partial charge in [-0.3, -0.25) is 4.79 Å². The van der Waals surface area contributed by atoms with E-state index in [0.717, 1.165) is 18.4 Å². The molecule has 2 atom stereocenters. The van der Waals surface area contributed by atoms with Crippen LogP contribution in [0.4, 0.5) is 0 Å². The average Bonchev–Trinajstić information content (AvgIpc) is 2.97. The Bertz CT molecular complexity index is 454. The van der Waals surface area contributed by atoms with E-state index < -0.39 is 11.9 Å². The summed E-state index contributed by atoms with van der Waals surface area (Å²) in [5.74, 6) is -2.18. The van der Waals surface area contributed by atoms with Crippen LogP contribution in [0.3, 0.4) is 0 Å². The van der Waals surface area contributed by atoms with Gasteiger partial charge in [-0.15, -0.1) is 0 Å². The highest BCUT2D eigenvalue weighted by molar-refractivity contribution is 5.83. The molecule has 0 radical (unpaired) electrons. The van der Waals surface area contributed by atoms with E-state index in [4.69, 9.17) is 4.74 Å². The molecule has 0 saturated carbocycles. The fraction of sp³-hybridized carbons (Fsp3) is 0.467. The predicted molar refractivity (Wildman–Crippen MR) is 70.4 cm³/mol. The summed E-state index contributed by atoms with van der Waals surface area (Å²) in [6.45, 7) is 0.968. The zero-order valence-corrected chi connectivity index (χ0v) is 11.2. The SMILES string of the molecule is O=C([O-])C[C@@H](C(=O)NCc1ccccc1)[C@@H]1CCCO1. The van der Waals surface area contributed by atoms with Crippen molar-refractivity contribution < 1.29 is 19.4 Å². The minimum absolute atomic E-state index is 0.287. The Hall–Kier alpha value is -1.88. The van der Waals surface area contributed by atoms with Gasteiger partial charge in [0, 0.05) is 25.5 Å². The summed E-state index contributed by atoms with van der Waals surface area (Å²) in [6, 6.07) is 9.48. The summed E-state index contributed by atoms with van der Waals surface area (Å²) in [4.78, 5) is 23.0. The lowest BCUT2D eigenvalue weighted by Crippen LogP contribution is -2.41. The van der Waals surface area contributed by atoms with Gasteiger partial charge in [-0.2, -0.15) is 0 Å². The van der Waals surface area contributed by atoms with E-state index >= 15 is 0 Å². The lowest BCUT2D eigenvalue weighted by atomic mass is 9.95. The molecule has 0 aromatic heterocycles. The van der Waals surface area contributed by atoms with Gasteiger partial charge in [0.2, 0.25) is 5.91 Å². The molecule has 20 heavy (non-hydrogen) atoms. The highest BCUT2D eigenvalue weighted by Gasteiger charge is 2.31. The minimum atomic E-state index is -1.22. The van der Waals surface area contributed by atoms with Crippen LogP contribution in [0, 0.1) is 5.92 Å². The van der Waals surface area contributed by atoms with Crippen LogP contribution in [-0.4, -0.2) is 24.6 Å². The highest BCUT2D eigenvalue weighted by Crippen LogP contribution is 2.23. The van der Waals surface area contributed by atoms with Crippen LogP contribution in [-0.2, 0) is 20.9 Å². The zero-order chi connectivity index (χ0) is 14.4. The monoisotopic (exact) mass is 276 g/mol. The first kappa shape index (κ1) is 14.5. The number of nitrogens with one attached hydrogen (secondary N) is 1. The van der Waals surface area contributed by atoms with Crippen LogP contribution < -0.4 is 10.4 Å². The molecule has 0 unspecified atom stereocenters. The first-order chi connectivity index (χ1) is 9.66. The van der Waals surface area contributed by atoms with Gasteiger partial charge >= 0.3 is 0 Å². The smallest absolute Gasteiger partial charge is 0.226 e. The van der Waals surface area contributed by atoms with Crippen molar-refractivity contribution in [3.8, 4) is 0 Å². The fourth-order valence-corrected chi connectivity index (χ4v) is 2.41. The predicted octanol–water partition coefficient (Wildman–Crippen LogP) is 0.238. The van der Waals surface area contributed by atoms with Gasteiger partial charge in [0.25, 0.3) is 0 Å². The van der Waals surface area contributed by atoms with Crippen molar-refractivity contribution in [2.75, 3.05) is 6.61 Å². The van der Waals surface area contributed by atoms with E-state index in [-0.39, 0.29) is 18.4 Å². The molecule has 1 aliphatic rings. The van der Waals surface area contributed by atoms with Crippen molar-refractivity contribution in [1.82, 2.24) is 5.32 Å². The van der Waals surface area contributed by atoms with Gasteiger partial charge < -0.3 is 20.0 Å². The number of carboxylic acid groups (broad SMARTS) is 1. The third-order valence-electron chi connectivity index (χ3n) is 3.45. The maximum Gasteiger partial charge on any atom is 0.226 e. The Labute approximate surface area is 117 Å². The van der Waals surface area contributed by atoms with E-state index in [1.54, 1.807) is 0 Å². The molecule has 5 nitrogen and oxygen atoms in total. The normalized spacial score (nSPS) is 19.5. The number of benzene rings is 1. The maximum atomic E-state index is 12.2. The second-order valence-electron chi connectivity index (χ2n) is 4.94. The number of hydrogen-bond acceptors (Lipinski definition) is 4. The van der Waals surface area contributed by atoms with Crippen molar-refractivity contribution in [1.29, 1.82) is 0 Å². The highest BCUT2D eigenvalue weighted by atomic mass is 16.5. The van der Waals surface area contributed by atoms with Crippen molar-refractivity contribution in [2.45, 2.75) is 31.9 Å². The molecule has 1 aromatic rings. The van der Waals surface area contributed by atoms with E-state index in [9.17, 15) is 14.7 Å². The average molecular weight is 276 g/mol. The minimum Gasteiger partial charge on any atom is -0.550 e. The van der Waals surface area contributed by atoms with Gasteiger partial charge in [-0.05, 0) is 18.4 Å². The van der Waals surface area contributed by atoms with Crippen molar-refractivity contribution in [3.05, 3.63) is 35.9 Å². The molecule has 108 valence electrons. The number of rotatable bonds is 6. The number of ether oxygens (including phenoxy) is 1. The van der Waals surface area contributed by atoms with Gasteiger partial charge in [0.1, 0.15) is 0 Å². The second-order valence-corrected chi connectivity index (χ2v) is 4.94. The molecular weight excluding hydrogens is 258 g/mol. The molecule has 1 aliphatic heterocycles. The van der Waals surface area contributed by atoms with Crippen LogP contribution >= 0.6 is 0 Å². The fourth-order valence-electron chi connectivity index (χ4n) is 2.41. The third kappa shape index (κ3) is 4.06. The summed E-state index contributed by atoms with van der Waals surface area (Å²) in [6.07, 6.45) is 0.964. The molecule has 0 aliphatic carbocycles. The van der Waals surface area contributed by atoms with E-state index in [1.165, 1.54) is 0 Å². The van der Waals surface area contributed by atoms with Crippen LogP contribution in [0.1, 0.15) is 24.8 Å². The first-order valence-corrected chi connectivity index (χ1v) is 6.80. The van der Waals surface area contributed by atoms with Gasteiger partial charge in [-0.25, -0.2) is 0 Å². The molecule has 1 amide bonds. The van der Waals surface area contributed by atoms with Crippen LogP contribution in [0.15, 0.2) is 30.3 Å². The Morgan fingerprint density at radius 3 is 2.70 bits per heavy atom. The molecule has 1 saturated heterocycles. The van der Waals surface area contributed by atoms with Crippen molar-refractivity contribution >= 4 is 11.9 Å². The number of aliphatic carboxylic acids is 1. The summed E-state index contributed by atoms with van der Waals surface area (Å²) >= 11 is 0. The number of amides is 1. The Balaban J connectivity index is 1.93. The lowest BCUT2D eigenvalue weighted by molar-refractivity contribution is -0.307. The number of carbonyl (C=O) groups is 2. The van der Waals surface area contributed by atoms with Crippen molar-refractivity contribution in [3.63, 3.8) is 0 Å². The number of carboxylic acids is 1. The third-order valence-corrected chi connectivity index (χ3v) is 3.45. The summed E-state index contributed by atoms with van der Waals surface area (Å²) < 4.78 is 5.44. The summed E-state index contributed by atoms with van der Waals surface area (Å²) in [7, 11) is 0.